The van der Waals surface area contributed by atoms with E-state index in [0.29, 0.717) is 6.61 Å². The number of esters is 1. The fourth-order valence-electron chi connectivity index (χ4n) is 2.04. The van der Waals surface area contributed by atoms with Crippen molar-refractivity contribution in [1.82, 2.24) is 5.32 Å². The maximum Gasteiger partial charge on any atom is 0.323 e. The third-order valence-corrected chi connectivity index (χ3v) is 3.24. The van der Waals surface area contributed by atoms with Crippen LogP contribution in [-0.2, 0) is 9.53 Å². The summed E-state index contributed by atoms with van der Waals surface area (Å²) in [7, 11) is 1.42. The predicted octanol–water partition coefficient (Wildman–Crippen LogP) is 2.93. The van der Waals surface area contributed by atoms with Gasteiger partial charge in [-0.25, -0.2) is 0 Å². The van der Waals surface area contributed by atoms with Gasteiger partial charge in [0.15, 0.2) is 0 Å². The molecule has 0 aromatic heterocycles. The second-order valence-corrected chi connectivity index (χ2v) is 5.14. The molecule has 4 nitrogen and oxygen atoms in total. The molecule has 0 heterocycles. The fraction of sp³-hybridized carbons (Fsp3) is 0.562. The third kappa shape index (κ3) is 4.53. The average Bonchev–Trinajstić information content (AvgIpc) is 2.44. The number of methoxy groups -OCH3 is 1. The summed E-state index contributed by atoms with van der Waals surface area (Å²) in [5.74, 6) is 0.808. The molecule has 1 aromatic rings. The van der Waals surface area contributed by atoms with E-state index in [0.717, 1.165) is 11.3 Å². The van der Waals surface area contributed by atoms with Crippen LogP contribution in [0.4, 0.5) is 0 Å². The van der Waals surface area contributed by atoms with Crippen molar-refractivity contribution in [3.8, 4) is 5.75 Å². The van der Waals surface area contributed by atoms with Crippen LogP contribution in [0.15, 0.2) is 24.3 Å². The van der Waals surface area contributed by atoms with Gasteiger partial charge in [-0.2, -0.15) is 0 Å². The Balaban J connectivity index is 2.73. The first-order valence-corrected chi connectivity index (χ1v) is 7.06. The Labute approximate surface area is 121 Å². The van der Waals surface area contributed by atoms with E-state index in [-0.39, 0.29) is 24.0 Å². The average molecular weight is 279 g/mol. The lowest BCUT2D eigenvalue weighted by Gasteiger charge is -2.24. The van der Waals surface area contributed by atoms with Crippen LogP contribution in [0, 0.1) is 5.92 Å². The van der Waals surface area contributed by atoms with Crippen LogP contribution in [0.2, 0.25) is 0 Å². The molecule has 20 heavy (non-hydrogen) atoms. The Morgan fingerprint density at radius 1 is 1.20 bits per heavy atom. The fourth-order valence-corrected chi connectivity index (χ4v) is 2.04. The monoisotopic (exact) mass is 279 g/mol. The zero-order valence-corrected chi connectivity index (χ0v) is 13.0. The van der Waals surface area contributed by atoms with Crippen molar-refractivity contribution in [1.29, 1.82) is 0 Å². The van der Waals surface area contributed by atoms with E-state index in [2.05, 4.69) is 5.32 Å². The van der Waals surface area contributed by atoms with E-state index in [4.69, 9.17) is 9.47 Å². The summed E-state index contributed by atoms with van der Waals surface area (Å²) in [6.45, 7) is 8.65. The first-order chi connectivity index (χ1) is 9.49. The molecule has 1 N–H and O–H groups in total. The largest absolute Gasteiger partial charge is 0.494 e. The third-order valence-electron chi connectivity index (χ3n) is 3.24. The molecule has 0 amide bonds. The molecular formula is C16H25NO3. The summed E-state index contributed by atoms with van der Waals surface area (Å²) in [5.41, 5.74) is 1.11. The molecule has 1 unspecified atom stereocenters. The summed E-state index contributed by atoms with van der Waals surface area (Å²) >= 11 is 0. The molecule has 0 bridgehead atoms. The molecule has 0 saturated carbocycles. The maximum absolute atomic E-state index is 11.8. The highest BCUT2D eigenvalue weighted by Crippen LogP contribution is 2.19. The molecule has 0 spiro atoms. The smallest absolute Gasteiger partial charge is 0.323 e. The van der Waals surface area contributed by atoms with Crippen LogP contribution < -0.4 is 10.1 Å². The highest BCUT2D eigenvalue weighted by atomic mass is 16.5. The Morgan fingerprint density at radius 3 is 2.25 bits per heavy atom. The van der Waals surface area contributed by atoms with Crippen molar-refractivity contribution in [2.24, 2.45) is 5.92 Å². The van der Waals surface area contributed by atoms with Gasteiger partial charge in [-0.1, -0.05) is 26.0 Å². The standard InChI is InChI=1S/C16H25NO3/c1-6-20-14-9-7-13(8-10-14)12(4)17-15(11(2)3)16(18)19-5/h7-12,15,17H,6H2,1-5H3/t12?,15-/m0/s1. The number of carbonyl (C=O) groups is 1. The number of ether oxygens (including phenoxy) is 2. The molecule has 1 rings (SSSR count). The molecule has 4 heteroatoms. The summed E-state index contributed by atoms with van der Waals surface area (Å²) in [5, 5.41) is 3.32. The zero-order valence-electron chi connectivity index (χ0n) is 13.0. The van der Waals surface area contributed by atoms with Gasteiger partial charge in [0.2, 0.25) is 0 Å². The molecule has 0 saturated heterocycles. The van der Waals surface area contributed by atoms with Crippen LogP contribution >= 0.6 is 0 Å². The van der Waals surface area contributed by atoms with Gasteiger partial charge < -0.3 is 9.47 Å². The van der Waals surface area contributed by atoms with Gasteiger partial charge >= 0.3 is 5.97 Å². The normalized spacial score (nSPS) is 13.9. The van der Waals surface area contributed by atoms with Gasteiger partial charge in [0.1, 0.15) is 11.8 Å². The van der Waals surface area contributed by atoms with E-state index >= 15 is 0 Å². The van der Waals surface area contributed by atoms with E-state index in [1.54, 1.807) is 0 Å². The lowest BCUT2D eigenvalue weighted by atomic mass is 10.0. The Morgan fingerprint density at radius 2 is 1.80 bits per heavy atom. The van der Waals surface area contributed by atoms with Crippen molar-refractivity contribution in [2.75, 3.05) is 13.7 Å². The highest BCUT2D eigenvalue weighted by Gasteiger charge is 2.24. The topological polar surface area (TPSA) is 47.6 Å². The van der Waals surface area contributed by atoms with E-state index < -0.39 is 0 Å². The minimum absolute atomic E-state index is 0.0668. The molecule has 0 aliphatic carbocycles. The van der Waals surface area contributed by atoms with Crippen LogP contribution in [0.1, 0.15) is 39.3 Å². The molecule has 0 aliphatic rings. The number of carbonyl (C=O) groups excluding carboxylic acids is 1. The highest BCUT2D eigenvalue weighted by molar-refractivity contribution is 5.76. The number of nitrogens with one attached hydrogen (secondary N) is 1. The zero-order chi connectivity index (χ0) is 15.1. The number of rotatable bonds is 7. The van der Waals surface area contributed by atoms with Crippen molar-refractivity contribution < 1.29 is 14.3 Å². The van der Waals surface area contributed by atoms with Gasteiger partial charge in [-0.15, -0.1) is 0 Å². The second-order valence-electron chi connectivity index (χ2n) is 5.14. The van der Waals surface area contributed by atoms with Crippen molar-refractivity contribution in [2.45, 2.75) is 39.8 Å². The molecule has 0 radical (unpaired) electrons. The van der Waals surface area contributed by atoms with Crippen LogP contribution in [0.25, 0.3) is 0 Å². The van der Waals surface area contributed by atoms with Gasteiger partial charge in [-0.3, -0.25) is 10.1 Å². The maximum atomic E-state index is 11.8. The quantitative estimate of drug-likeness (QED) is 0.780. The second kappa shape index (κ2) is 7.90. The van der Waals surface area contributed by atoms with Crippen molar-refractivity contribution in [3.05, 3.63) is 29.8 Å². The molecule has 2 atom stereocenters. The van der Waals surface area contributed by atoms with E-state index in [1.807, 2.05) is 52.0 Å². The number of hydrogen-bond donors (Lipinski definition) is 1. The summed E-state index contributed by atoms with van der Waals surface area (Å²) < 4.78 is 10.3. The predicted molar refractivity (Wildman–Crippen MR) is 79.8 cm³/mol. The summed E-state index contributed by atoms with van der Waals surface area (Å²) in [6.07, 6.45) is 0. The first kappa shape index (κ1) is 16.5. The van der Waals surface area contributed by atoms with Crippen LogP contribution in [-0.4, -0.2) is 25.7 Å². The van der Waals surface area contributed by atoms with Gasteiger partial charge in [0.05, 0.1) is 13.7 Å². The minimum Gasteiger partial charge on any atom is -0.494 e. The number of benzene rings is 1. The Kier molecular flexibility index (Phi) is 6.52. The van der Waals surface area contributed by atoms with E-state index in [1.165, 1.54) is 7.11 Å². The summed E-state index contributed by atoms with van der Waals surface area (Å²) in [4.78, 5) is 11.8. The lowest BCUT2D eigenvalue weighted by Crippen LogP contribution is -2.42. The van der Waals surface area contributed by atoms with Gasteiger partial charge in [0.25, 0.3) is 0 Å². The van der Waals surface area contributed by atoms with Gasteiger partial charge in [-0.05, 0) is 37.5 Å². The summed E-state index contributed by atoms with van der Waals surface area (Å²) in [6, 6.07) is 7.67. The SMILES string of the molecule is CCOc1ccc(C(C)N[C@H](C(=O)OC)C(C)C)cc1. The van der Waals surface area contributed by atoms with Crippen molar-refractivity contribution in [3.63, 3.8) is 0 Å². The number of hydrogen-bond acceptors (Lipinski definition) is 4. The molecule has 0 aliphatic heterocycles. The minimum atomic E-state index is -0.304. The van der Waals surface area contributed by atoms with Crippen LogP contribution in [0.3, 0.4) is 0 Å². The molecule has 112 valence electrons. The van der Waals surface area contributed by atoms with Crippen LogP contribution in [0.5, 0.6) is 5.75 Å². The molecule has 1 aromatic carbocycles. The van der Waals surface area contributed by atoms with Gasteiger partial charge in [0, 0.05) is 6.04 Å². The van der Waals surface area contributed by atoms with Crippen molar-refractivity contribution >= 4 is 5.97 Å². The first-order valence-electron chi connectivity index (χ1n) is 7.06. The Hall–Kier alpha value is -1.55. The molecular weight excluding hydrogens is 254 g/mol. The Bertz CT molecular complexity index is 414. The molecule has 0 fully saturated rings. The van der Waals surface area contributed by atoms with E-state index in [9.17, 15) is 4.79 Å². The lowest BCUT2D eigenvalue weighted by molar-refractivity contribution is -0.144.